The summed E-state index contributed by atoms with van der Waals surface area (Å²) in [6.07, 6.45) is -14.5. The van der Waals surface area contributed by atoms with Gasteiger partial charge in [-0.25, -0.2) is 0 Å². The van der Waals surface area contributed by atoms with Gasteiger partial charge in [0.1, 0.15) is 60.3 Å². The number of carbonyl (C=O) groups is 7. The minimum absolute atomic E-state index is 0.0619. The van der Waals surface area contributed by atoms with Crippen molar-refractivity contribution in [1.29, 1.82) is 0 Å². The molecule has 3 saturated heterocycles. The van der Waals surface area contributed by atoms with E-state index >= 15 is 0 Å². The Bertz CT molecular complexity index is 1800. The Hall–Kier alpha value is -5.01. The van der Waals surface area contributed by atoms with Crippen LogP contribution < -0.4 is 26.6 Å². The summed E-state index contributed by atoms with van der Waals surface area (Å²) in [5.41, 5.74) is -0.0619. The highest BCUT2D eigenvalue weighted by Gasteiger charge is 2.50. The van der Waals surface area contributed by atoms with Crippen LogP contribution in [0.5, 0.6) is 5.75 Å². The summed E-state index contributed by atoms with van der Waals surface area (Å²) in [6.45, 7) is 4.66. The van der Waals surface area contributed by atoms with E-state index in [0.717, 1.165) is 42.2 Å². The number of phenolic OH excluding ortho intramolecular Hbond substituents is 1. The van der Waals surface area contributed by atoms with Crippen LogP contribution in [0.4, 0.5) is 0 Å². The van der Waals surface area contributed by atoms with Crippen molar-refractivity contribution in [2.45, 2.75) is 151 Å². The average molecular weight is 896 g/mol. The van der Waals surface area contributed by atoms with Crippen LogP contribution in [-0.2, 0) is 33.6 Å². The lowest BCUT2D eigenvalue weighted by molar-refractivity contribution is -0.148. The lowest BCUT2D eigenvalue weighted by Gasteiger charge is -2.34. The first-order valence-electron chi connectivity index (χ1n) is 20.9. The zero-order chi connectivity index (χ0) is 47.0. The van der Waals surface area contributed by atoms with Crippen molar-refractivity contribution in [2.75, 3.05) is 13.1 Å². The zero-order valence-electron chi connectivity index (χ0n) is 35.4. The fourth-order valence-corrected chi connectivity index (χ4v) is 7.83. The average Bonchev–Trinajstić information content (AvgIpc) is 3.77. The van der Waals surface area contributed by atoms with Gasteiger partial charge in [0.2, 0.25) is 41.4 Å². The van der Waals surface area contributed by atoms with Crippen LogP contribution >= 0.6 is 0 Å². The highest BCUT2D eigenvalue weighted by atomic mass is 16.3. The Balaban J connectivity index is 1.82. The molecule has 3 fully saturated rings. The van der Waals surface area contributed by atoms with Gasteiger partial charge in [-0.1, -0.05) is 38.8 Å². The van der Waals surface area contributed by atoms with Crippen molar-refractivity contribution in [3.05, 3.63) is 29.8 Å². The lowest BCUT2D eigenvalue weighted by atomic mass is 9.96. The molecule has 0 saturated carbocycles. The lowest BCUT2D eigenvalue weighted by Crippen LogP contribution is -2.64. The molecule has 0 radical (unpaired) electrons. The number of amides is 7. The van der Waals surface area contributed by atoms with Gasteiger partial charge in [0, 0.05) is 38.3 Å². The largest absolute Gasteiger partial charge is 0.508 e. The summed E-state index contributed by atoms with van der Waals surface area (Å²) < 4.78 is 0. The van der Waals surface area contributed by atoms with Crippen molar-refractivity contribution >= 4 is 41.4 Å². The number of fused-ring (bicyclic) bond motifs is 2. The first-order chi connectivity index (χ1) is 29.6. The van der Waals surface area contributed by atoms with Crippen LogP contribution in [0.15, 0.2) is 24.3 Å². The maximum absolute atomic E-state index is 14.2. The van der Waals surface area contributed by atoms with Gasteiger partial charge in [-0.15, -0.1) is 0 Å². The Kier molecular flexibility index (Phi) is 17.7. The third kappa shape index (κ3) is 12.4. The summed E-state index contributed by atoms with van der Waals surface area (Å²) in [7, 11) is 0. The van der Waals surface area contributed by atoms with Crippen molar-refractivity contribution in [2.24, 2.45) is 5.92 Å². The van der Waals surface area contributed by atoms with E-state index in [2.05, 4.69) is 26.6 Å². The van der Waals surface area contributed by atoms with Crippen molar-refractivity contribution in [1.82, 2.24) is 36.4 Å². The highest BCUT2D eigenvalue weighted by Crippen LogP contribution is 2.27. The maximum Gasteiger partial charge on any atom is 0.248 e. The van der Waals surface area contributed by atoms with Gasteiger partial charge in [-0.05, 0) is 38.0 Å². The van der Waals surface area contributed by atoms with Gasteiger partial charge in [-0.3, -0.25) is 33.6 Å². The van der Waals surface area contributed by atoms with Crippen molar-refractivity contribution < 1.29 is 79.5 Å². The molecule has 1 unspecified atom stereocenters. The fraction of sp³-hybridized carbons (Fsp3) is 0.675. The molecule has 14 N–H and O–H groups in total. The third-order valence-corrected chi connectivity index (χ3v) is 11.5. The number of nitrogens with one attached hydrogen (secondary N) is 5. The van der Waals surface area contributed by atoms with Crippen LogP contribution in [0.2, 0.25) is 0 Å². The van der Waals surface area contributed by atoms with Crippen LogP contribution in [0.25, 0.3) is 0 Å². The number of hydrogen-bond donors (Lipinski definition) is 14. The Morgan fingerprint density at radius 2 is 1.32 bits per heavy atom. The number of aromatic hydroxyl groups is 1. The highest BCUT2D eigenvalue weighted by molar-refractivity contribution is 5.98. The minimum Gasteiger partial charge on any atom is -0.508 e. The first kappa shape index (κ1) is 50.6. The Morgan fingerprint density at radius 1 is 0.746 bits per heavy atom. The van der Waals surface area contributed by atoms with Crippen LogP contribution in [0.3, 0.4) is 0 Å². The number of phenols is 1. The molecule has 0 aromatic heterocycles. The molecule has 63 heavy (non-hydrogen) atoms. The van der Waals surface area contributed by atoms with E-state index in [1.54, 1.807) is 0 Å². The van der Waals surface area contributed by atoms with Crippen molar-refractivity contribution in [3.63, 3.8) is 0 Å². The molecule has 352 valence electrons. The Labute approximate surface area is 362 Å². The molecular weight excluding hydrogens is 834 g/mol. The molecule has 3 heterocycles. The van der Waals surface area contributed by atoms with E-state index < -0.39 is 152 Å². The normalized spacial score (nSPS) is 32.5. The smallest absolute Gasteiger partial charge is 0.248 e. The summed E-state index contributed by atoms with van der Waals surface area (Å²) in [4.78, 5) is 98.7. The van der Waals surface area contributed by atoms with E-state index in [-0.39, 0.29) is 24.3 Å². The summed E-state index contributed by atoms with van der Waals surface area (Å²) in [6, 6.07) is -6.57. The molecule has 0 bridgehead atoms. The second-order valence-corrected chi connectivity index (χ2v) is 16.6. The summed E-state index contributed by atoms with van der Waals surface area (Å²) in [5, 5.41) is 109. The van der Waals surface area contributed by atoms with E-state index in [1.165, 1.54) is 19.1 Å². The number of rotatable bonds is 10. The number of hydrogen-bond acceptors (Lipinski definition) is 16. The topological polar surface area (TPSA) is 368 Å². The van der Waals surface area contributed by atoms with Crippen molar-refractivity contribution in [3.8, 4) is 5.75 Å². The van der Waals surface area contributed by atoms with Gasteiger partial charge < -0.3 is 82.3 Å². The van der Waals surface area contributed by atoms with Crippen LogP contribution in [-0.4, -0.2) is 189 Å². The fourth-order valence-electron chi connectivity index (χ4n) is 7.83. The Morgan fingerprint density at radius 3 is 1.90 bits per heavy atom. The van der Waals surface area contributed by atoms with E-state index in [4.69, 9.17) is 0 Å². The number of aliphatic hydroxyl groups is 8. The molecular formula is C40H61N7O16. The van der Waals surface area contributed by atoms with Crippen LogP contribution in [0, 0.1) is 5.92 Å². The van der Waals surface area contributed by atoms with Gasteiger partial charge in [0.25, 0.3) is 0 Å². The van der Waals surface area contributed by atoms with Gasteiger partial charge in [-0.2, -0.15) is 0 Å². The molecule has 23 heteroatoms. The zero-order valence-corrected chi connectivity index (χ0v) is 35.4. The first-order valence-corrected chi connectivity index (χ1v) is 20.9. The molecule has 0 aliphatic carbocycles. The standard InChI is InChI=1S/C40H61N7O16/c1-5-6-7-8-26(53)41-23-14-25(52)36(59)45-38(61)30-31(54)17(2)15-47(30)40(63)28(19(4)49)43-37(60)29(33(56)32(55)20-9-11-21(50)12-10-20)44-35(58)24-13-22(51)16-46(24)39(62)27(18(3)48)42-34(23)57/h9-12,17-19,22-25,27-33,36,48-52,54-56,59H,5-8,13-16H2,1-4H3,(H,41,53)(H,42,57)(H,43,60)(H,44,58)(H,45,61)/t17-,18+,19+,22+,23?,24-,25+,27-,28-,29-,30-,31-,32-,33-,36+/m0/s1. The van der Waals surface area contributed by atoms with Crippen LogP contribution in [0.1, 0.15) is 77.9 Å². The van der Waals surface area contributed by atoms with Gasteiger partial charge >= 0.3 is 0 Å². The quantitative estimate of drug-likeness (QED) is 0.0974. The molecule has 0 spiro atoms. The second kappa shape index (κ2) is 22.1. The third-order valence-electron chi connectivity index (χ3n) is 11.5. The molecule has 4 rings (SSSR count). The molecule has 3 aliphatic heterocycles. The molecule has 1 aromatic carbocycles. The predicted molar refractivity (Wildman–Crippen MR) is 216 cm³/mol. The second-order valence-electron chi connectivity index (χ2n) is 16.6. The number of unbranched alkanes of at least 4 members (excludes halogenated alkanes) is 2. The van der Waals surface area contributed by atoms with E-state index in [1.807, 2.05) is 6.92 Å². The number of nitrogens with zero attached hydrogens (tertiary/aromatic N) is 2. The molecule has 23 nitrogen and oxygen atoms in total. The number of benzene rings is 1. The summed E-state index contributed by atoms with van der Waals surface area (Å²) >= 11 is 0. The molecule has 15 atom stereocenters. The summed E-state index contributed by atoms with van der Waals surface area (Å²) in [5.74, 6) is -8.99. The maximum atomic E-state index is 14.2. The SMILES string of the molecule is CCCCCC(=O)NC1C[C@@H](O)[C@@H](O)NC(=O)[C@@H]2[C@@H](O)[C@@H](C)CN2C(=O)[C@H]([C@@H](C)O)NC(=O)[C@H]([C@H](O)[C@@H](O)c2ccc(O)cc2)NC(=O)[C@@H]2C[C@@H](O)CN2C(=O)[C@H]([C@@H](C)O)NC1=O. The van der Waals surface area contributed by atoms with E-state index in [0.29, 0.717) is 12.8 Å². The predicted octanol–water partition coefficient (Wildman–Crippen LogP) is -5.56. The monoisotopic (exact) mass is 895 g/mol. The van der Waals surface area contributed by atoms with E-state index in [9.17, 15) is 79.5 Å². The van der Waals surface area contributed by atoms with Gasteiger partial charge in [0.15, 0.2) is 6.23 Å². The number of carbonyl (C=O) groups excluding carboxylic acids is 7. The molecule has 3 aliphatic rings. The van der Waals surface area contributed by atoms with Gasteiger partial charge in [0.05, 0.1) is 24.4 Å². The molecule has 7 amide bonds. The number of aliphatic hydroxyl groups excluding tert-OH is 8. The molecule has 1 aromatic rings. The minimum atomic E-state index is -2.26.